The zero-order valence-electron chi connectivity index (χ0n) is 13.7. The standard InChI is InChI=1S/C18H28N2O/c1-4-5-6-17-13-16(15(2)21)7-8-18(17)14-20-11-9-19(3)10-12-20/h7-8,13H,4-6,9-12,14H2,1-3H3. The molecule has 1 aliphatic rings. The first-order valence-corrected chi connectivity index (χ1v) is 8.13. The van der Waals surface area contributed by atoms with Crippen molar-refractivity contribution in [1.29, 1.82) is 0 Å². The highest BCUT2D eigenvalue weighted by Gasteiger charge is 2.15. The van der Waals surface area contributed by atoms with E-state index in [9.17, 15) is 4.79 Å². The number of benzene rings is 1. The van der Waals surface area contributed by atoms with Crippen LogP contribution in [0.1, 0.15) is 48.2 Å². The van der Waals surface area contributed by atoms with Gasteiger partial charge in [0.2, 0.25) is 0 Å². The number of ketones is 1. The van der Waals surface area contributed by atoms with Crippen molar-refractivity contribution in [3.63, 3.8) is 0 Å². The van der Waals surface area contributed by atoms with Gasteiger partial charge in [0.1, 0.15) is 0 Å². The Balaban J connectivity index is 2.11. The second kappa shape index (κ2) is 7.71. The first-order chi connectivity index (χ1) is 10.1. The van der Waals surface area contributed by atoms with E-state index in [-0.39, 0.29) is 5.78 Å². The van der Waals surface area contributed by atoms with Gasteiger partial charge in [-0.1, -0.05) is 25.5 Å². The molecule has 3 heteroatoms. The molecule has 1 aromatic carbocycles. The molecule has 1 saturated heterocycles. The minimum Gasteiger partial charge on any atom is -0.304 e. The van der Waals surface area contributed by atoms with Crippen molar-refractivity contribution in [2.75, 3.05) is 33.2 Å². The molecule has 0 amide bonds. The lowest BCUT2D eigenvalue weighted by Gasteiger charge is -2.32. The number of rotatable bonds is 6. The van der Waals surface area contributed by atoms with Crippen LogP contribution in [0.5, 0.6) is 0 Å². The number of hydrogen-bond acceptors (Lipinski definition) is 3. The number of unbranched alkanes of at least 4 members (excludes halogenated alkanes) is 1. The molecule has 1 fully saturated rings. The summed E-state index contributed by atoms with van der Waals surface area (Å²) in [5.41, 5.74) is 3.62. The fraction of sp³-hybridized carbons (Fsp3) is 0.611. The average Bonchev–Trinajstić information content (AvgIpc) is 2.48. The smallest absolute Gasteiger partial charge is 0.159 e. The Morgan fingerprint density at radius 3 is 2.48 bits per heavy atom. The van der Waals surface area contributed by atoms with Crippen LogP contribution in [-0.2, 0) is 13.0 Å². The third-order valence-corrected chi connectivity index (χ3v) is 4.40. The van der Waals surface area contributed by atoms with Crippen molar-refractivity contribution in [1.82, 2.24) is 9.80 Å². The van der Waals surface area contributed by atoms with Gasteiger partial charge in [-0.25, -0.2) is 0 Å². The minimum atomic E-state index is 0.166. The molecule has 0 radical (unpaired) electrons. The molecule has 1 aromatic rings. The van der Waals surface area contributed by atoms with Gasteiger partial charge < -0.3 is 4.90 Å². The Bertz CT molecular complexity index is 476. The molecule has 1 aliphatic heterocycles. The maximum absolute atomic E-state index is 11.6. The second-order valence-electron chi connectivity index (χ2n) is 6.22. The quantitative estimate of drug-likeness (QED) is 0.752. The van der Waals surface area contributed by atoms with Crippen LogP contribution in [0.2, 0.25) is 0 Å². The Morgan fingerprint density at radius 1 is 1.14 bits per heavy atom. The third-order valence-electron chi connectivity index (χ3n) is 4.40. The number of aryl methyl sites for hydroxylation is 1. The SMILES string of the molecule is CCCCc1cc(C(C)=O)ccc1CN1CCN(C)CC1. The number of carbonyl (C=O) groups is 1. The molecule has 2 rings (SSSR count). The molecule has 0 atom stereocenters. The predicted molar refractivity (Wildman–Crippen MR) is 87.8 cm³/mol. The van der Waals surface area contributed by atoms with Gasteiger partial charge in [0.25, 0.3) is 0 Å². The molecular formula is C18H28N2O. The maximum Gasteiger partial charge on any atom is 0.159 e. The highest BCUT2D eigenvalue weighted by Crippen LogP contribution is 2.18. The number of hydrogen-bond donors (Lipinski definition) is 0. The Labute approximate surface area is 128 Å². The van der Waals surface area contributed by atoms with Gasteiger partial charge in [-0.2, -0.15) is 0 Å². The van der Waals surface area contributed by atoms with Crippen molar-refractivity contribution < 1.29 is 4.79 Å². The summed E-state index contributed by atoms with van der Waals surface area (Å²) in [5, 5.41) is 0. The minimum absolute atomic E-state index is 0.166. The van der Waals surface area contributed by atoms with Gasteiger partial charge >= 0.3 is 0 Å². The first kappa shape index (κ1) is 16.2. The topological polar surface area (TPSA) is 23.6 Å². The molecule has 0 aromatic heterocycles. The van der Waals surface area contributed by atoms with E-state index in [0.717, 1.165) is 44.7 Å². The zero-order chi connectivity index (χ0) is 15.2. The van der Waals surface area contributed by atoms with Crippen LogP contribution in [0.3, 0.4) is 0 Å². The molecule has 3 nitrogen and oxygen atoms in total. The first-order valence-electron chi connectivity index (χ1n) is 8.13. The van der Waals surface area contributed by atoms with Crippen LogP contribution in [0, 0.1) is 0 Å². The van der Waals surface area contributed by atoms with Crippen molar-refractivity contribution in [2.45, 2.75) is 39.7 Å². The lowest BCUT2D eigenvalue weighted by Crippen LogP contribution is -2.44. The molecule has 0 unspecified atom stereocenters. The van der Waals surface area contributed by atoms with Crippen molar-refractivity contribution in [2.24, 2.45) is 0 Å². The molecule has 0 saturated carbocycles. The van der Waals surface area contributed by atoms with E-state index in [1.165, 1.54) is 24.0 Å². The summed E-state index contributed by atoms with van der Waals surface area (Å²) in [7, 11) is 2.19. The number of likely N-dealkylation sites (N-methyl/N-ethyl adjacent to an activating group) is 1. The van der Waals surface area contributed by atoms with Gasteiger partial charge in [-0.3, -0.25) is 9.69 Å². The molecule has 1 heterocycles. The average molecular weight is 288 g/mol. The van der Waals surface area contributed by atoms with Crippen LogP contribution in [-0.4, -0.2) is 48.8 Å². The maximum atomic E-state index is 11.6. The Hall–Kier alpha value is -1.19. The molecule has 21 heavy (non-hydrogen) atoms. The van der Waals surface area contributed by atoms with Gasteiger partial charge in [-0.15, -0.1) is 0 Å². The number of carbonyl (C=O) groups excluding carboxylic acids is 1. The molecule has 116 valence electrons. The van der Waals surface area contributed by atoms with Gasteiger partial charge in [0.15, 0.2) is 5.78 Å². The fourth-order valence-corrected chi connectivity index (χ4v) is 2.85. The summed E-state index contributed by atoms with van der Waals surface area (Å²) < 4.78 is 0. The van der Waals surface area contributed by atoms with E-state index in [1.54, 1.807) is 6.92 Å². The van der Waals surface area contributed by atoms with Crippen LogP contribution in [0.15, 0.2) is 18.2 Å². The van der Waals surface area contributed by atoms with Gasteiger partial charge in [-0.05, 0) is 44.0 Å². The summed E-state index contributed by atoms with van der Waals surface area (Å²) in [5.74, 6) is 0.166. The molecule has 0 N–H and O–H groups in total. The normalized spacial score (nSPS) is 17.1. The lowest BCUT2D eigenvalue weighted by molar-refractivity contribution is 0.101. The van der Waals surface area contributed by atoms with Crippen LogP contribution < -0.4 is 0 Å². The van der Waals surface area contributed by atoms with Crippen molar-refractivity contribution in [3.8, 4) is 0 Å². The lowest BCUT2D eigenvalue weighted by atomic mass is 9.97. The van der Waals surface area contributed by atoms with E-state index >= 15 is 0 Å². The summed E-state index contributed by atoms with van der Waals surface area (Å²) in [6.45, 7) is 9.46. The number of Topliss-reactive ketones (excluding diaryl/α,β-unsaturated/α-hetero) is 1. The van der Waals surface area contributed by atoms with E-state index in [1.807, 2.05) is 6.07 Å². The summed E-state index contributed by atoms with van der Waals surface area (Å²) in [6, 6.07) is 6.27. The molecular weight excluding hydrogens is 260 g/mol. The van der Waals surface area contributed by atoms with E-state index in [4.69, 9.17) is 0 Å². The van der Waals surface area contributed by atoms with Gasteiger partial charge in [0.05, 0.1) is 0 Å². The second-order valence-corrected chi connectivity index (χ2v) is 6.22. The summed E-state index contributed by atoms with van der Waals surface area (Å²) in [4.78, 5) is 16.5. The Morgan fingerprint density at radius 2 is 1.86 bits per heavy atom. The van der Waals surface area contributed by atoms with E-state index < -0.39 is 0 Å². The summed E-state index contributed by atoms with van der Waals surface area (Å²) in [6.07, 6.45) is 3.47. The van der Waals surface area contributed by atoms with Crippen LogP contribution in [0.4, 0.5) is 0 Å². The largest absolute Gasteiger partial charge is 0.304 e. The van der Waals surface area contributed by atoms with Crippen molar-refractivity contribution in [3.05, 3.63) is 34.9 Å². The number of piperazine rings is 1. The monoisotopic (exact) mass is 288 g/mol. The summed E-state index contributed by atoms with van der Waals surface area (Å²) >= 11 is 0. The highest BCUT2D eigenvalue weighted by molar-refractivity contribution is 5.94. The van der Waals surface area contributed by atoms with E-state index in [0.29, 0.717) is 0 Å². The van der Waals surface area contributed by atoms with Crippen LogP contribution >= 0.6 is 0 Å². The van der Waals surface area contributed by atoms with E-state index in [2.05, 4.69) is 35.9 Å². The zero-order valence-corrected chi connectivity index (χ0v) is 13.7. The third kappa shape index (κ3) is 4.65. The van der Waals surface area contributed by atoms with Crippen LogP contribution in [0.25, 0.3) is 0 Å². The van der Waals surface area contributed by atoms with Gasteiger partial charge in [0, 0.05) is 38.3 Å². The highest BCUT2D eigenvalue weighted by atomic mass is 16.1. The molecule has 0 spiro atoms. The number of nitrogens with zero attached hydrogens (tertiary/aromatic N) is 2. The van der Waals surface area contributed by atoms with Crippen molar-refractivity contribution >= 4 is 5.78 Å². The fourth-order valence-electron chi connectivity index (χ4n) is 2.85. The predicted octanol–water partition coefficient (Wildman–Crippen LogP) is 2.98. The molecule has 0 aliphatic carbocycles. The molecule has 0 bridgehead atoms. The Kier molecular flexibility index (Phi) is 5.95.